The standard InChI is InChI=1S/C14H21N3O2S/c1-5-7-15-20(18,19)14-12-9-11(4)6-8-17(12)13(16-14)10(2)3/h6,8-10,15H,5,7H2,1-4H3. The fourth-order valence-electron chi connectivity index (χ4n) is 2.10. The number of aryl methyl sites for hydroxylation is 1. The Balaban J connectivity index is 2.67. The van der Waals surface area contributed by atoms with Crippen molar-refractivity contribution in [1.82, 2.24) is 14.1 Å². The molecular weight excluding hydrogens is 274 g/mol. The molecule has 0 aliphatic heterocycles. The minimum atomic E-state index is -3.56. The van der Waals surface area contributed by atoms with Crippen LogP contribution in [0.15, 0.2) is 23.4 Å². The lowest BCUT2D eigenvalue weighted by atomic mass is 10.2. The van der Waals surface area contributed by atoms with Crippen LogP contribution in [0.4, 0.5) is 0 Å². The zero-order valence-electron chi connectivity index (χ0n) is 12.3. The van der Waals surface area contributed by atoms with E-state index in [1.807, 2.05) is 50.4 Å². The number of sulfonamides is 1. The van der Waals surface area contributed by atoms with Gasteiger partial charge in [0.05, 0.1) is 5.52 Å². The van der Waals surface area contributed by atoms with Crippen LogP contribution in [0.25, 0.3) is 5.52 Å². The van der Waals surface area contributed by atoms with Gasteiger partial charge in [0.25, 0.3) is 10.0 Å². The van der Waals surface area contributed by atoms with Crippen molar-refractivity contribution in [3.8, 4) is 0 Å². The predicted octanol–water partition coefficient (Wildman–Crippen LogP) is 2.45. The molecule has 110 valence electrons. The van der Waals surface area contributed by atoms with Gasteiger partial charge in [-0.15, -0.1) is 0 Å². The number of nitrogens with zero attached hydrogens (tertiary/aromatic N) is 2. The Kier molecular flexibility index (Phi) is 4.15. The molecule has 6 heteroatoms. The highest BCUT2D eigenvalue weighted by Gasteiger charge is 2.23. The maximum atomic E-state index is 12.4. The fraction of sp³-hybridized carbons (Fsp3) is 0.500. The Labute approximate surface area is 120 Å². The van der Waals surface area contributed by atoms with Gasteiger partial charge in [-0.3, -0.25) is 0 Å². The number of nitrogens with one attached hydrogen (secondary N) is 1. The molecule has 0 radical (unpaired) electrons. The van der Waals surface area contributed by atoms with Gasteiger partial charge in [0.2, 0.25) is 0 Å². The van der Waals surface area contributed by atoms with Crippen molar-refractivity contribution in [3.63, 3.8) is 0 Å². The van der Waals surface area contributed by atoms with Gasteiger partial charge >= 0.3 is 0 Å². The van der Waals surface area contributed by atoms with E-state index in [1.165, 1.54) is 0 Å². The molecule has 0 spiro atoms. The summed E-state index contributed by atoms with van der Waals surface area (Å²) in [4.78, 5) is 4.37. The molecule has 0 saturated carbocycles. The van der Waals surface area contributed by atoms with E-state index in [2.05, 4.69) is 9.71 Å². The van der Waals surface area contributed by atoms with Crippen molar-refractivity contribution in [3.05, 3.63) is 29.7 Å². The summed E-state index contributed by atoms with van der Waals surface area (Å²) >= 11 is 0. The van der Waals surface area contributed by atoms with E-state index in [9.17, 15) is 8.42 Å². The van der Waals surface area contributed by atoms with Crippen LogP contribution in [0.3, 0.4) is 0 Å². The summed E-state index contributed by atoms with van der Waals surface area (Å²) in [5, 5.41) is 0.123. The molecule has 5 nitrogen and oxygen atoms in total. The first-order valence-electron chi connectivity index (χ1n) is 6.85. The van der Waals surface area contributed by atoms with Crippen LogP contribution in [-0.2, 0) is 10.0 Å². The smallest absolute Gasteiger partial charge is 0.260 e. The van der Waals surface area contributed by atoms with Crippen molar-refractivity contribution in [2.45, 2.75) is 45.1 Å². The number of hydrogen-bond acceptors (Lipinski definition) is 3. The van der Waals surface area contributed by atoms with Gasteiger partial charge in [0, 0.05) is 18.7 Å². The van der Waals surface area contributed by atoms with Crippen LogP contribution in [-0.4, -0.2) is 24.3 Å². The lowest BCUT2D eigenvalue weighted by Crippen LogP contribution is -2.25. The van der Waals surface area contributed by atoms with Crippen molar-refractivity contribution >= 4 is 15.5 Å². The first-order valence-corrected chi connectivity index (χ1v) is 8.33. The Morgan fingerprint density at radius 3 is 2.70 bits per heavy atom. The highest BCUT2D eigenvalue weighted by atomic mass is 32.2. The molecule has 0 bridgehead atoms. The third kappa shape index (κ3) is 2.71. The molecule has 2 aromatic heterocycles. The predicted molar refractivity (Wildman–Crippen MR) is 79.5 cm³/mol. The minimum absolute atomic E-state index is 0.123. The number of imidazole rings is 1. The SMILES string of the molecule is CCCNS(=O)(=O)c1nc(C(C)C)n2ccc(C)cc12. The molecule has 0 aliphatic rings. The van der Waals surface area contributed by atoms with Gasteiger partial charge in [0.15, 0.2) is 5.03 Å². The first-order chi connectivity index (χ1) is 9.36. The Morgan fingerprint density at radius 1 is 1.40 bits per heavy atom. The monoisotopic (exact) mass is 295 g/mol. The fourth-order valence-corrected chi connectivity index (χ4v) is 3.35. The zero-order chi connectivity index (χ0) is 14.9. The second kappa shape index (κ2) is 5.54. The van der Waals surface area contributed by atoms with Crippen molar-refractivity contribution in [1.29, 1.82) is 0 Å². The van der Waals surface area contributed by atoms with Gasteiger partial charge in [-0.25, -0.2) is 18.1 Å². The van der Waals surface area contributed by atoms with E-state index in [0.29, 0.717) is 12.1 Å². The molecule has 0 atom stereocenters. The van der Waals surface area contributed by atoms with Crippen LogP contribution >= 0.6 is 0 Å². The van der Waals surface area contributed by atoms with Crippen LogP contribution in [0, 0.1) is 6.92 Å². The molecule has 2 heterocycles. The maximum absolute atomic E-state index is 12.4. The third-order valence-corrected chi connectivity index (χ3v) is 4.50. The van der Waals surface area contributed by atoms with E-state index in [4.69, 9.17) is 0 Å². The molecule has 20 heavy (non-hydrogen) atoms. The minimum Gasteiger partial charge on any atom is -0.302 e. The summed E-state index contributed by atoms with van der Waals surface area (Å²) < 4.78 is 29.2. The first kappa shape index (κ1) is 15.0. The molecule has 0 aromatic carbocycles. The highest BCUT2D eigenvalue weighted by molar-refractivity contribution is 7.89. The topological polar surface area (TPSA) is 63.5 Å². The molecule has 0 fully saturated rings. The average molecular weight is 295 g/mol. The Hall–Kier alpha value is -1.40. The maximum Gasteiger partial charge on any atom is 0.260 e. The summed E-state index contributed by atoms with van der Waals surface area (Å²) in [6.45, 7) is 8.30. The Morgan fingerprint density at radius 2 is 2.10 bits per heavy atom. The lowest BCUT2D eigenvalue weighted by molar-refractivity contribution is 0.578. The van der Waals surface area contributed by atoms with Gasteiger partial charge in [-0.2, -0.15) is 0 Å². The van der Waals surface area contributed by atoms with Crippen molar-refractivity contribution in [2.24, 2.45) is 0 Å². The van der Waals surface area contributed by atoms with Crippen molar-refractivity contribution < 1.29 is 8.42 Å². The summed E-state index contributed by atoms with van der Waals surface area (Å²) in [6.07, 6.45) is 2.63. The van der Waals surface area contributed by atoms with Crippen LogP contribution < -0.4 is 4.72 Å². The number of rotatable bonds is 5. The van der Waals surface area contributed by atoms with Gasteiger partial charge < -0.3 is 4.40 Å². The summed E-state index contributed by atoms with van der Waals surface area (Å²) in [7, 11) is -3.56. The van der Waals surface area contributed by atoms with Crippen LogP contribution in [0.2, 0.25) is 0 Å². The van der Waals surface area contributed by atoms with Crippen molar-refractivity contribution in [2.75, 3.05) is 6.54 Å². The summed E-state index contributed by atoms with van der Waals surface area (Å²) in [5.74, 6) is 0.914. The summed E-state index contributed by atoms with van der Waals surface area (Å²) in [5.41, 5.74) is 1.65. The van der Waals surface area contributed by atoms with E-state index in [0.717, 1.165) is 17.8 Å². The summed E-state index contributed by atoms with van der Waals surface area (Å²) in [6, 6.07) is 3.82. The second-order valence-electron chi connectivity index (χ2n) is 5.29. The van der Waals surface area contributed by atoms with Crippen LogP contribution in [0.5, 0.6) is 0 Å². The largest absolute Gasteiger partial charge is 0.302 e. The number of pyridine rings is 1. The molecule has 2 aromatic rings. The molecular formula is C14H21N3O2S. The molecule has 0 unspecified atom stereocenters. The van der Waals surface area contributed by atoms with Gasteiger partial charge in [-0.05, 0) is 31.0 Å². The third-order valence-electron chi connectivity index (χ3n) is 3.11. The molecule has 0 amide bonds. The molecule has 0 aliphatic carbocycles. The van der Waals surface area contributed by atoms with Gasteiger partial charge in [-0.1, -0.05) is 20.8 Å². The molecule has 0 saturated heterocycles. The number of hydrogen-bond donors (Lipinski definition) is 1. The molecule has 1 N–H and O–H groups in total. The lowest BCUT2D eigenvalue weighted by Gasteiger charge is -2.04. The quantitative estimate of drug-likeness (QED) is 0.921. The highest BCUT2D eigenvalue weighted by Crippen LogP contribution is 2.23. The van der Waals surface area contributed by atoms with E-state index in [1.54, 1.807) is 0 Å². The van der Waals surface area contributed by atoms with E-state index in [-0.39, 0.29) is 10.9 Å². The van der Waals surface area contributed by atoms with E-state index >= 15 is 0 Å². The number of fused-ring (bicyclic) bond motifs is 1. The molecule has 2 rings (SSSR count). The Bertz CT molecular complexity index is 717. The zero-order valence-corrected chi connectivity index (χ0v) is 13.2. The van der Waals surface area contributed by atoms with Gasteiger partial charge in [0.1, 0.15) is 5.82 Å². The van der Waals surface area contributed by atoms with E-state index < -0.39 is 10.0 Å². The average Bonchev–Trinajstić information content (AvgIpc) is 2.75. The number of aromatic nitrogens is 2. The van der Waals surface area contributed by atoms with Crippen LogP contribution in [0.1, 0.15) is 44.5 Å². The normalized spacial score (nSPS) is 12.4. The second-order valence-corrected chi connectivity index (χ2v) is 6.97.